The molecule has 0 saturated carbocycles. The fourth-order valence-corrected chi connectivity index (χ4v) is 3.38. The van der Waals surface area contributed by atoms with Crippen molar-refractivity contribution in [3.63, 3.8) is 0 Å². The number of hydrogen-bond acceptors (Lipinski definition) is 4. The van der Waals surface area contributed by atoms with E-state index in [1.165, 1.54) is 4.90 Å². The standard InChI is InChI=1S/C20H18Cl2N2O3/c1-3-10-24-19(25)17(15-9-4-12(21)11-16(15)22)18(20(24)26)23-13-5-7-14(27-2)8-6-13/h4-9,11,23H,3,10H2,1-2H3. The highest BCUT2D eigenvalue weighted by molar-refractivity contribution is 6.41. The van der Waals surface area contributed by atoms with Gasteiger partial charge >= 0.3 is 0 Å². The Hall–Kier alpha value is -2.50. The van der Waals surface area contributed by atoms with Gasteiger partial charge in [-0.25, -0.2) is 0 Å². The average molecular weight is 405 g/mol. The van der Waals surface area contributed by atoms with Gasteiger partial charge in [-0.1, -0.05) is 36.2 Å². The SMILES string of the molecule is CCCN1C(=O)C(Nc2ccc(OC)cc2)=C(c2ccc(Cl)cc2Cl)C1=O. The Bertz CT molecular complexity index is 923. The molecule has 5 nitrogen and oxygen atoms in total. The first-order chi connectivity index (χ1) is 13.0. The quantitative estimate of drug-likeness (QED) is 0.714. The van der Waals surface area contributed by atoms with Crippen molar-refractivity contribution in [3.05, 3.63) is 63.8 Å². The van der Waals surface area contributed by atoms with Crippen molar-refractivity contribution in [1.82, 2.24) is 4.90 Å². The van der Waals surface area contributed by atoms with Gasteiger partial charge in [0.2, 0.25) is 0 Å². The third-order valence-electron chi connectivity index (χ3n) is 4.18. The van der Waals surface area contributed by atoms with Crippen molar-refractivity contribution < 1.29 is 14.3 Å². The van der Waals surface area contributed by atoms with Crippen molar-refractivity contribution in [3.8, 4) is 5.75 Å². The lowest BCUT2D eigenvalue weighted by atomic mass is 10.0. The van der Waals surface area contributed by atoms with E-state index in [4.69, 9.17) is 27.9 Å². The van der Waals surface area contributed by atoms with Crippen LogP contribution in [0.1, 0.15) is 18.9 Å². The number of methoxy groups -OCH3 is 1. The van der Waals surface area contributed by atoms with Crippen LogP contribution >= 0.6 is 23.2 Å². The van der Waals surface area contributed by atoms with Gasteiger partial charge in [-0.15, -0.1) is 0 Å². The number of rotatable bonds is 6. The maximum absolute atomic E-state index is 12.9. The molecular weight excluding hydrogens is 387 g/mol. The first kappa shape index (κ1) is 19.3. The minimum Gasteiger partial charge on any atom is -0.497 e. The van der Waals surface area contributed by atoms with E-state index in [-0.39, 0.29) is 23.1 Å². The van der Waals surface area contributed by atoms with Crippen LogP contribution in [0.5, 0.6) is 5.75 Å². The molecular formula is C20H18Cl2N2O3. The summed E-state index contributed by atoms with van der Waals surface area (Å²) in [5, 5.41) is 3.84. The number of amides is 2. The zero-order valence-corrected chi connectivity index (χ0v) is 16.4. The molecule has 1 N–H and O–H groups in total. The molecule has 0 bridgehead atoms. The number of anilines is 1. The molecule has 1 heterocycles. The highest BCUT2D eigenvalue weighted by atomic mass is 35.5. The average Bonchev–Trinajstić information content (AvgIpc) is 2.87. The number of imide groups is 1. The van der Waals surface area contributed by atoms with E-state index in [1.807, 2.05) is 6.92 Å². The summed E-state index contributed by atoms with van der Waals surface area (Å²) in [5.41, 5.74) is 1.57. The van der Waals surface area contributed by atoms with Gasteiger partial charge in [0.1, 0.15) is 11.4 Å². The Morgan fingerprint density at radius 2 is 1.74 bits per heavy atom. The highest BCUT2D eigenvalue weighted by Crippen LogP contribution is 2.35. The van der Waals surface area contributed by atoms with Crippen molar-refractivity contribution >= 4 is 46.3 Å². The monoisotopic (exact) mass is 404 g/mol. The van der Waals surface area contributed by atoms with E-state index < -0.39 is 0 Å². The Morgan fingerprint density at radius 1 is 1.04 bits per heavy atom. The van der Waals surface area contributed by atoms with E-state index in [0.29, 0.717) is 40.0 Å². The Labute approximate surface area is 167 Å². The maximum Gasteiger partial charge on any atom is 0.278 e. The molecule has 0 spiro atoms. The smallest absolute Gasteiger partial charge is 0.278 e. The molecule has 3 rings (SSSR count). The molecule has 0 unspecified atom stereocenters. The second kappa shape index (κ2) is 8.03. The molecule has 0 fully saturated rings. The lowest BCUT2D eigenvalue weighted by Crippen LogP contribution is -2.33. The summed E-state index contributed by atoms with van der Waals surface area (Å²) in [6.07, 6.45) is 0.662. The first-order valence-electron chi connectivity index (χ1n) is 8.43. The Morgan fingerprint density at radius 3 is 2.33 bits per heavy atom. The molecule has 140 valence electrons. The molecule has 27 heavy (non-hydrogen) atoms. The summed E-state index contributed by atoms with van der Waals surface area (Å²) < 4.78 is 5.14. The molecule has 0 aliphatic carbocycles. The molecule has 2 aromatic carbocycles. The number of carbonyl (C=O) groups is 2. The first-order valence-corrected chi connectivity index (χ1v) is 9.18. The van der Waals surface area contributed by atoms with Crippen LogP contribution in [-0.4, -0.2) is 30.4 Å². The summed E-state index contributed by atoms with van der Waals surface area (Å²) in [5.74, 6) is -0.0577. The maximum atomic E-state index is 12.9. The minimum absolute atomic E-state index is 0.197. The van der Waals surface area contributed by atoms with Crippen LogP contribution in [0.3, 0.4) is 0 Å². The van der Waals surface area contributed by atoms with Crippen LogP contribution in [0.4, 0.5) is 5.69 Å². The van der Waals surface area contributed by atoms with Gasteiger partial charge in [-0.2, -0.15) is 0 Å². The summed E-state index contributed by atoms with van der Waals surface area (Å²) in [6.45, 7) is 2.24. The molecule has 2 amide bonds. The number of carbonyl (C=O) groups excluding carboxylic acids is 2. The predicted octanol–water partition coefficient (Wildman–Crippen LogP) is 4.60. The molecule has 0 atom stereocenters. The second-order valence-electron chi connectivity index (χ2n) is 5.99. The topological polar surface area (TPSA) is 58.6 Å². The number of nitrogens with one attached hydrogen (secondary N) is 1. The summed E-state index contributed by atoms with van der Waals surface area (Å²) in [7, 11) is 1.58. The number of halogens is 2. The second-order valence-corrected chi connectivity index (χ2v) is 6.83. The van der Waals surface area contributed by atoms with Crippen LogP contribution in [0.25, 0.3) is 5.57 Å². The van der Waals surface area contributed by atoms with Gasteiger partial charge in [0.15, 0.2) is 0 Å². The minimum atomic E-state index is -0.376. The van der Waals surface area contributed by atoms with Crippen LogP contribution in [0.2, 0.25) is 10.0 Å². The van der Waals surface area contributed by atoms with Gasteiger partial charge in [-0.05, 0) is 42.8 Å². The van der Waals surface area contributed by atoms with Crippen molar-refractivity contribution in [2.24, 2.45) is 0 Å². The van der Waals surface area contributed by atoms with E-state index in [2.05, 4.69) is 5.32 Å². The van der Waals surface area contributed by atoms with E-state index in [1.54, 1.807) is 49.6 Å². The number of ether oxygens (including phenoxy) is 1. The van der Waals surface area contributed by atoms with Gasteiger partial charge in [0.05, 0.1) is 17.7 Å². The van der Waals surface area contributed by atoms with Gasteiger partial charge in [0, 0.05) is 22.8 Å². The van der Waals surface area contributed by atoms with Crippen LogP contribution in [0, 0.1) is 0 Å². The molecule has 1 aliphatic heterocycles. The molecule has 7 heteroatoms. The summed E-state index contributed by atoms with van der Waals surface area (Å²) in [4.78, 5) is 27.1. The summed E-state index contributed by atoms with van der Waals surface area (Å²) in [6, 6.07) is 11.9. The van der Waals surface area contributed by atoms with Crippen LogP contribution in [-0.2, 0) is 9.59 Å². The van der Waals surface area contributed by atoms with E-state index in [0.717, 1.165) is 0 Å². The van der Waals surface area contributed by atoms with Gasteiger partial charge < -0.3 is 10.1 Å². The van der Waals surface area contributed by atoms with Gasteiger partial charge in [-0.3, -0.25) is 14.5 Å². The molecule has 2 aromatic rings. The third kappa shape index (κ3) is 3.80. The third-order valence-corrected chi connectivity index (χ3v) is 4.72. The lowest BCUT2D eigenvalue weighted by Gasteiger charge is -2.14. The van der Waals surface area contributed by atoms with Crippen LogP contribution in [0.15, 0.2) is 48.2 Å². The number of hydrogen-bond donors (Lipinski definition) is 1. The largest absolute Gasteiger partial charge is 0.497 e. The Balaban J connectivity index is 2.07. The zero-order valence-electron chi connectivity index (χ0n) is 14.9. The lowest BCUT2D eigenvalue weighted by molar-refractivity contribution is -0.136. The van der Waals surface area contributed by atoms with Gasteiger partial charge in [0.25, 0.3) is 11.8 Å². The van der Waals surface area contributed by atoms with Crippen molar-refractivity contribution in [1.29, 1.82) is 0 Å². The Kier molecular flexibility index (Phi) is 5.73. The summed E-state index contributed by atoms with van der Waals surface area (Å²) >= 11 is 12.3. The molecule has 0 aromatic heterocycles. The highest BCUT2D eigenvalue weighted by Gasteiger charge is 2.39. The van der Waals surface area contributed by atoms with Crippen molar-refractivity contribution in [2.45, 2.75) is 13.3 Å². The zero-order chi connectivity index (χ0) is 19.6. The normalized spacial score (nSPS) is 14.1. The van der Waals surface area contributed by atoms with E-state index in [9.17, 15) is 9.59 Å². The molecule has 0 radical (unpaired) electrons. The fraction of sp³-hybridized carbons (Fsp3) is 0.200. The van der Waals surface area contributed by atoms with E-state index >= 15 is 0 Å². The number of benzene rings is 2. The number of nitrogens with zero attached hydrogens (tertiary/aromatic N) is 1. The fourth-order valence-electron chi connectivity index (χ4n) is 2.88. The molecule has 1 aliphatic rings. The van der Waals surface area contributed by atoms with Crippen LogP contribution < -0.4 is 10.1 Å². The molecule has 0 saturated heterocycles. The predicted molar refractivity (Wildman–Crippen MR) is 107 cm³/mol. The van der Waals surface area contributed by atoms with Crippen molar-refractivity contribution in [2.75, 3.05) is 19.0 Å².